The zero-order chi connectivity index (χ0) is 17.5. The summed E-state index contributed by atoms with van der Waals surface area (Å²) in [4.78, 5) is 0. The van der Waals surface area contributed by atoms with Crippen LogP contribution in [0.3, 0.4) is 0 Å². The molecule has 0 fully saturated rings. The molecule has 3 aromatic carbocycles. The predicted molar refractivity (Wildman–Crippen MR) is 103 cm³/mol. The average molecular weight is 330 g/mol. The molecule has 0 saturated heterocycles. The third-order valence-corrected chi connectivity index (χ3v) is 3.46. The van der Waals surface area contributed by atoms with Gasteiger partial charge in [0.05, 0.1) is 17.1 Å². The van der Waals surface area contributed by atoms with Gasteiger partial charge in [0.25, 0.3) is 0 Å². The van der Waals surface area contributed by atoms with Crippen molar-refractivity contribution >= 4 is 28.6 Å². The molecule has 3 rings (SSSR count). The Balaban J connectivity index is 1.92. The molecule has 25 heavy (non-hydrogen) atoms. The molecule has 0 aliphatic carbocycles. The summed E-state index contributed by atoms with van der Waals surface area (Å²) in [6, 6.07) is 24.2. The zero-order valence-corrected chi connectivity index (χ0v) is 13.5. The number of para-hydroxylation sites is 3. The Morgan fingerprint density at radius 1 is 0.720 bits per heavy atom. The lowest BCUT2D eigenvalue weighted by Crippen LogP contribution is -2.02. The van der Waals surface area contributed by atoms with Crippen LogP contribution in [0.4, 0.5) is 22.7 Å². The average Bonchev–Trinajstić information content (AvgIpc) is 2.65. The van der Waals surface area contributed by atoms with Crippen LogP contribution < -0.4 is 16.9 Å². The summed E-state index contributed by atoms with van der Waals surface area (Å²) >= 11 is 0. The fourth-order valence-electron chi connectivity index (χ4n) is 2.12. The Hall–Kier alpha value is -3.67. The second kappa shape index (κ2) is 7.74. The van der Waals surface area contributed by atoms with Gasteiger partial charge in [0.1, 0.15) is 5.69 Å². The van der Waals surface area contributed by atoms with Crippen molar-refractivity contribution < 1.29 is 0 Å². The van der Waals surface area contributed by atoms with Crippen LogP contribution in [0.25, 0.3) is 0 Å². The van der Waals surface area contributed by atoms with Gasteiger partial charge in [-0.25, -0.2) is 0 Å². The Bertz CT molecular complexity index is 903. The summed E-state index contributed by atoms with van der Waals surface area (Å²) in [6.07, 6.45) is 0. The smallest absolute Gasteiger partial charge is 0.201 e. The Kier molecular flexibility index (Phi) is 5.01. The van der Waals surface area contributed by atoms with Gasteiger partial charge in [-0.05, 0) is 24.3 Å². The lowest BCUT2D eigenvalue weighted by Gasteiger charge is -2.06. The van der Waals surface area contributed by atoms with Crippen molar-refractivity contribution in [3.63, 3.8) is 0 Å². The molecule has 0 saturated carbocycles. The summed E-state index contributed by atoms with van der Waals surface area (Å²) in [6.45, 7) is 0. The number of azo groups is 1. The molecule has 3 aromatic rings. The van der Waals surface area contributed by atoms with E-state index in [9.17, 15) is 0 Å². The molecule has 0 heterocycles. The first-order chi connectivity index (χ1) is 12.2. The summed E-state index contributed by atoms with van der Waals surface area (Å²) in [5, 5.41) is 12.8. The minimum absolute atomic E-state index is 0.423. The minimum atomic E-state index is 0.423. The largest absolute Gasteiger partial charge is 0.397 e. The van der Waals surface area contributed by atoms with Crippen molar-refractivity contribution in [1.29, 1.82) is 0 Å². The summed E-state index contributed by atoms with van der Waals surface area (Å²) in [7, 11) is 0. The number of amidine groups is 1. The number of hydrogen-bond donors (Lipinski definition) is 3. The maximum Gasteiger partial charge on any atom is 0.201 e. The highest BCUT2D eigenvalue weighted by atomic mass is 15.3. The summed E-state index contributed by atoms with van der Waals surface area (Å²) < 4.78 is 0. The van der Waals surface area contributed by atoms with Crippen LogP contribution in [0.2, 0.25) is 0 Å². The van der Waals surface area contributed by atoms with Crippen molar-refractivity contribution in [1.82, 2.24) is 0 Å². The maximum absolute atomic E-state index is 5.93. The van der Waals surface area contributed by atoms with Crippen molar-refractivity contribution in [2.75, 3.05) is 16.9 Å². The lowest BCUT2D eigenvalue weighted by atomic mass is 10.2. The van der Waals surface area contributed by atoms with Crippen molar-refractivity contribution in [2.45, 2.75) is 0 Å². The number of anilines is 3. The molecular weight excluding hydrogens is 312 g/mol. The molecule has 0 spiro atoms. The van der Waals surface area contributed by atoms with Crippen molar-refractivity contribution in [2.24, 2.45) is 15.3 Å². The maximum atomic E-state index is 5.93. The number of nitrogens with two attached hydrogens (primary N) is 2. The van der Waals surface area contributed by atoms with Gasteiger partial charge in [-0.1, -0.05) is 54.6 Å². The monoisotopic (exact) mass is 330 g/mol. The third kappa shape index (κ3) is 4.20. The number of rotatable bonds is 4. The number of nitrogen functional groups attached to an aromatic ring is 2. The predicted octanol–water partition coefficient (Wildman–Crippen LogP) is 4.41. The van der Waals surface area contributed by atoms with Gasteiger partial charge in [-0.15, -0.1) is 10.2 Å². The molecule has 0 amide bonds. The first-order valence-corrected chi connectivity index (χ1v) is 7.74. The van der Waals surface area contributed by atoms with Gasteiger partial charge in [-0.3, -0.25) is 5.43 Å². The number of hydrazone groups is 1. The molecular formula is C19H18N6. The van der Waals surface area contributed by atoms with Crippen LogP contribution in [0.15, 0.2) is 94.2 Å². The molecule has 0 aliphatic heterocycles. The van der Waals surface area contributed by atoms with E-state index in [0.717, 1.165) is 5.56 Å². The first kappa shape index (κ1) is 16.2. The molecule has 6 heteroatoms. The second-order valence-electron chi connectivity index (χ2n) is 5.26. The van der Waals surface area contributed by atoms with E-state index in [1.807, 2.05) is 60.7 Å². The van der Waals surface area contributed by atoms with E-state index in [2.05, 4.69) is 20.8 Å². The second-order valence-corrected chi connectivity index (χ2v) is 5.26. The van der Waals surface area contributed by atoms with Gasteiger partial charge in [0, 0.05) is 5.56 Å². The van der Waals surface area contributed by atoms with Crippen LogP contribution in [0.5, 0.6) is 0 Å². The van der Waals surface area contributed by atoms with Gasteiger partial charge in [-0.2, -0.15) is 5.10 Å². The van der Waals surface area contributed by atoms with Crippen LogP contribution in [0, 0.1) is 0 Å². The number of benzene rings is 3. The van der Waals surface area contributed by atoms with E-state index in [1.54, 1.807) is 18.2 Å². The Morgan fingerprint density at radius 2 is 1.36 bits per heavy atom. The van der Waals surface area contributed by atoms with Crippen LogP contribution in [-0.4, -0.2) is 5.84 Å². The van der Waals surface area contributed by atoms with E-state index in [4.69, 9.17) is 11.5 Å². The van der Waals surface area contributed by atoms with E-state index in [-0.39, 0.29) is 0 Å². The normalized spacial score (nSPS) is 11.6. The van der Waals surface area contributed by atoms with E-state index in [1.165, 1.54) is 0 Å². The SMILES string of the molecule is Nc1ccccc1N=N/C(=N/Nc1ccccc1N)c1ccccc1. The van der Waals surface area contributed by atoms with Gasteiger partial charge >= 0.3 is 0 Å². The fraction of sp³-hybridized carbons (Fsp3) is 0. The third-order valence-electron chi connectivity index (χ3n) is 3.46. The highest BCUT2D eigenvalue weighted by Crippen LogP contribution is 2.22. The topological polar surface area (TPSA) is 101 Å². The quantitative estimate of drug-likeness (QED) is 0.217. The van der Waals surface area contributed by atoms with Crippen LogP contribution in [0.1, 0.15) is 5.56 Å². The molecule has 124 valence electrons. The molecule has 6 nitrogen and oxygen atoms in total. The molecule has 0 atom stereocenters. The Labute approximate surface area is 145 Å². The van der Waals surface area contributed by atoms with Crippen LogP contribution in [-0.2, 0) is 0 Å². The molecule has 0 radical (unpaired) electrons. The molecule has 0 aromatic heterocycles. The lowest BCUT2D eigenvalue weighted by molar-refractivity contribution is 1.22. The molecule has 0 unspecified atom stereocenters. The highest BCUT2D eigenvalue weighted by Gasteiger charge is 2.04. The van der Waals surface area contributed by atoms with Gasteiger partial charge in [0.15, 0.2) is 0 Å². The fourth-order valence-corrected chi connectivity index (χ4v) is 2.12. The zero-order valence-electron chi connectivity index (χ0n) is 13.5. The number of nitrogens with one attached hydrogen (secondary N) is 1. The van der Waals surface area contributed by atoms with Gasteiger partial charge < -0.3 is 11.5 Å². The number of nitrogens with zero attached hydrogens (tertiary/aromatic N) is 3. The highest BCUT2D eigenvalue weighted by molar-refractivity contribution is 5.99. The Morgan fingerprint density at radius 3 is 2.08 bits per heavy atom. The molecule has 5 N–H and O–H groups in total. The minimum Gasteiger partial charge on any atom is -0.397 e. The molecule has 0 bridgehead atoms. The summed E-state index contributed by atoms with van der Waals surface area (Å²) in [5.41, 5.74) is 18.0. The van der Waals surface area contributed by atoms with E-state index in [0.29, 0.717) is 28.6 Å². The van der Waals surface area contributed by atoms with Crippen molar-refractivity contribution in [3.05, 3.63) is 84.4 Å². The van der Waals surface area contributed by atoms with E-state index >= 15 is 0 Å². The van der Waals surface area contributed by atoms with Crippen molar-refractivity contribution in [3.8, 4) is 0 Å². The molecule has 0 aliphatic rings. The number of hydrogen-bond acceptors (Lipinski definition) is 5. The van der Waals surface area contributed by atoms with Gasteiger partial charge in [0.2, 0.25) is 5.84 Å². The van der Waals surface area contributed by atoms with E-state index < -0.39 is 0 Å². The summed E-state index contributed by atoms with van der Waals surface area (Å²) in [5.74, 6) is 0.423. The standard InChI is InChI=1S/C19H18N6/c20-15-10-4-6-12-17(15)22-24-19(14-8-2-1-3-9-14)25-23-18-13-7-5-11-16(18)21/h1-13,22H,20-21H2/b24-19+,25-23?. The van der Waals surface area contributed by atoms with Crippen LogP contribution >= 0.6 is 0 Å². The first-order valence-electron chi connectivity index (χ1n) is 7.74.